The monoisotopic (exact) mass is 356 g/mol. The van der Waals surface area contributed by atoms with Gasteiger partial charge >= 0.3 is 0 Å². The van der Waals surface area contributed by atoms with Crippen molar-refractivity contribution in [3.63, 3.8) is 0 Å². The highest BCUT2D eigenvalue weighted by Crippen LogP contribution is 2.18. The number of amides is 1. The minimum absolute atomic E-state index is 0.277. The molecule has 132 valence electrons. The largest absolute Gasteiger partial charge is 0.492 e. The Morgan fingerprint density at radius 3 is 2.48 bits per heavy atom. The van der Waals surface area contributed by atoms with Crippen LogP contribution >= 0.6 is 12.2 Å². The molecule has 25 heavy (non-hydrogen) atoms. The van der Waals surface area contributed by atoms with Crippen molar-refractivity contribution in [3.8, 4) is 5.75 Å². The summed E-state index contributed by atoms with van der Waals surface area (Å²) in [5.74, 6) is 0.671. The summed E-state index contributed by atoms with van der Waals surface area (Å²) in [4.78, 5) is 12.5. The number of carbonyl (C=O) groups is 1. The van der Waals surface area contributed by atoms with Crippen molar-refractivity contribution in [2.24, 2.45) is 5.92 Å². The average molecular weight is 356 g/mol. The molecule has 0 aliphatic rings. The van der Waals surface area contributed by atoms with Crippen LogP contribution in [0.4, 0.5) is 0 Å². The fraction of sp³-hybridized carbons (Fsp3) is 0.300. The fourth-order valence-corrected chi connectivity index (χ4v) is 2.30. The molecule has 2 aromatic carbocycles. The van der Waals surface area contributed by atoms with Crippen LogP contribution in [0.15, 0.2) is 48.5 Å². The maximum atomic E-state index is 12.5. The van der Waals surface area contributed by atoms with Crippen molar-refractivity contribution in [3.05, 3.63) is 65.2 Å². The van der Waals surface area contributed by atoms with Gasteiger partial charge in [0.2, 0.25) is 0 Å². The Morgan fingerprint density at radius 1 is 1.12 bits per heavy atom. The number of thiocarbonyl (C=S) groups is 1. The van der Waals surface area contributed by atoms with Crippen molar-refractivity contribution in [1.82, 2.24) is 10.6 Å². The van der Waals surface area contributed by atoms with Gasteiger partial charge in [0.15, 0.2) is 5.11 Å². The van der Waals surface area contributed by atoms with Gasteiger partial charge in [0.25, 0.3) is 5.91 Å². The Bertz CT molecular complexity index is 727. The minimum Gasteiger partial charge on any atom is -0.492 e. The second-order valence-corrected chi connectivity index (χ2v) is 6.73. The molecule has 0 radical (unpaired) electrons. The molecule has 0 saturated carbocycles. The zero-order valence-electron chi connectivity index (χ0n) is 14.8. The number of rotatable bonds is 6. The van der Waals surface area contributed by atoms with Gasteiger partial charge in [-0.25, -0.2) is 0 Å². The molecule has 0 bridgehead atoms. The molecule has 0 aliphatic heterocycles. The van der Waals surface area contributed by atoms with Gasteiger partial charge in [-0.2, -0.15) is 0 Å². The van der Waals surface area contributed by atoms with Crippen molar-refractivity contribution in [1.29, 1.82) is 0 Å². The quantitative estimate of drug-likeness (QED) is 0.772. The molecule has 0 aliphatic carbocycles. The molecule has 2 aromatic rings. The van der Waals surface area contributed by atoms with Crippen LogP contribution in [0.3, 0.4) is 0 Å². The van der Waals surface area contributed by atoms with E-state index in [4.69, 9.17) is 17.0 Å². The van der Waals surface area contributed by atoms with E-state index in [9.17, 15) is 4.79 Å². The predicted molar refractivity (Wildman–Crippen MR) is 105 cm³/mol. The first-order valence-electron chi connectivity index (χ1n) is 8.32. The van der Waals surface area contributed by atoms with Gasteiger partial charge in [0.05, 0.1) is 12.2 Å². The number of hydrogen-bond acceptors (Lipinski definition) is 3. The summed E-state index contributed by atoms with van der Waals surface area (Å²) in [5, 5.41) is 6.05. The Balaban J connectivity index is 1.92. The number of hydrogen-bond donors (Lipinski definition) is 2. The first kappa shape index (κ1) is 18.9. The number of benzene rings is 2. The van der Waals surface area contributed by atoms with E-state index < -0.39 is 0 Å². The van der Waals surface area contributed by atoms with E-state index in [-0.39, 0.29) is 5.91 Å². The number of nitrogens with one attached hydrogen (secondary N) is 2. The van der Waals surface area contributed by atoms with Crippen molar-refractivity contribution >= 4 is 23.2 Å². The Morgan fingerprint density at radius 2 is 1.80 bits per heavy atom. The number of carbonyl (C=O) groups excluding carboxylic acids is 1. The van der Waals surface area contributed by atoms with E-state index in [1.165, 1.54) is 5.56 Å². The van der Waals surface area contributed by atoms with Gasteiger partial charge in [0.1, 0.15) is 5.75 Å². The summed E-state index contributed by atoms with van der Waals surface area (Å²) in [6.07, 6.45) is 0. The first-order chi connectivity index (χ1) is 12.0. The SMILES string of the molecule is Cc1ccc(CNC(=S)NC(=O)c2ccccc2OCC(C)C)cc1. The maximum Gasteiger partial charge on any atom is 0.261 e. The van der Waals surface area contributed by atoms with Crippen LogP contribution in [-0.2, 0) is 6.54 Å². The highest BCUT2D eigenvalue weighted by Gasteiger charge is 2.13. The van der Waals surface area contributed by atoms with Crippen LogP contribution in [0.25, 0.3) is 0 Å². The molecule has 2 rings (SSSR count). The topological polar surface area (TPSA) is 50.4 Å². The van der Waals surface area contributed by atoms with Gasteiger partial charge in [-0.05, 0) is 42.8 Å². The summed E-state index contributed by atoms with van der Waals surface area (Å²) in [6.45, 7) is 7.28. The van der Waals surface area contributed by atoms with Crippen LogP contribution in [0.5, 0.6) is 5.75 Å². The van der Waals surface area contributed by atoms with E-state index in [2.05, 4.69) is 24.5 Å². The molecule has 0 unspecified atom stereocenters. The predicted octanol–water partition coefficient (Wildman–Crippen LogP) is 3.83. The average Bonchev–Trinajstić information content (AvgIpc) is 2.59. The van der Waals surface area contributed by atoms with E-state index in [1.54, 1.807) is 18.2 Å². The summed E-state index contributed by atoms with van der Waals surface area (Å²) in [5.41, 5.74) is 2.78. The molecule has 5 heteroatoms. The zero-order chi connectivity index (χ0) is 18.2. The minimum atomic E-state index is -0.277. The highest BCUT2D eigenvalue weighted by molar-refractivity contribution is 7.80. The third-order valence-electron chi connectivity index (χ3n) is 3.50. The number of aryl methyl sites for hydroxylation is 1. The Labute approximate surface area is 154 Å². The fourth-order valence-electron chi connectivity index (χ4n) is 2.14. The molecule has 0 heterocycles. The van der Waals surface area contributed by atoms with Gasteiger partial charge in [0, 0.05) is 6.54 Å². The van der Waals surface area contributed by atoms with E-state index >= 15 is 0 Å². The molecule has 4 nitrogen and oxygen atoms in total. The van der Waals surface area contributed by atoms with Crippen LogP contribution in [-0.4, -0.2) is 17.6 Å². The van der Waals surface area contributed by atoms with Crippen LogP contribution in [0.2, 0.25) is 0 Å². The summed E-state index contributed by atoms with van der Waals surface area (Å²) in [7, 11) is 0. The number of para-hydroxylation sites is 1. The van der Waals surface area contributed by atoms with Crippen LogP contribution in [0.1, 0.15) is 35.3 Å². The van der Waals surface area contributed by atoms with Gasteiger partial charge < -0.3 is 10.1 Å². The molecule has 0 atom stereocenters. The Hall–Kier alpha value is -2.40. The third-order valence-corrected chi connectivity index (χ3v) is 3.75. The molecular formula is C20H24N2O2S. The lowest BCUT2D eigenvalue weighted by Crippen LogP contribution is -2.39. The first-order valence-corrected chi connectivity index (χ1v) is 8.73. The standard InChI is InChI=1S/C20H24N2O2S/c1-14(2)13-24-18-7-5-4-6-17(18)19(23)22-20(25)21-12-16-10-8-15(3)9-11-16/h4-11,14H,12-13H2,1-3H3,(H2,21,22,23,25). The molecule has 0 spiro atoms. The summed E-state index contributed by atoms with van der Waals surface area (Å²) in [6, 6.07) is 15.3. The van der Waals surface area contributed by atoms with Gasteiger partial charge in [-0.15, -0.1) is 0 Å². The lowest BCUT2D eigenvalue weighted by atomic mass is 10.1. The molecule has 0 aromatic heterocycles. The molecule has 2 N–H and O–H groups in total. The summed E-state index contributed by atoms with van der Waals surface area (Å²) >= 11 is 5.22. The van der Waals surface area contributed by atoms with Crippen LogP contribution in [0, 0.1) is 12.8 Å². The molecule has 1 amide bonds. The van der Waals surface area contributed by atoms with Gasteiger partial charge in [-0.1, -0.05) is 55.8 Å². The Kier molecular flexibility index (Phi) is 6.95. The lowest BCUT2D eigenvalue weighted by molar-refractivity contribution is 0.0972. The molecule has 0 fully saturated rings. The molecular weight excluding hydrogens is 332 g/mol. The molecule has 0 saturated heterocycles. The zero-order valence-corrected chi connectivity index (χ0v) is 15.7. The van der Waals surface area contributed by atoms with Crippen LogP contribution < -0.4 is 15.4 Å². The van der Waals surface area contributed by atoms with Gasteiger partial charge in [-0.3, -0.25) is 10.1 Å². The highest BCUT2D eigenvalue weighted by atomic mass is 32.1. The van der Waals surface area contributed by atoms with Crippen molar-refractivity contribution in [2.45, 2.75) is 27.3 Å². The normalized spacial score (nSPS) is 10.4. The second kappa shape index (κ2) is 9.18. The van der Waals surface area contributed by atoms with E-state index in [0.717, 1.165) is 5.56 Å². The van der Waals surface area contributed by atoms with E-state index in [1.807, 2.05) is 37.3 Å². The smallest absolute Gasteiger partial charge is 0.261 e. The maximum absolute atomic E-state index is 12.5. The summed E-state index contributed by atoms with van der Waals surface area (Å²) < 4.78 is 5.72. The second-order valence-electron chi connectivity index (χ2n) is 6.32. The third kappa shape index (κ3) is 6.19. The van der Waals surface area contributed by atoms with Crippen molar-refractivity contribution < 1.29 is 9.53 Å². The number of ether oxygens (including phenoxy) is 1. The van der Waals surface area contributed by atoms with Crippen molar-refractivity contribution in [2.75, 3.05) is 6.61 Å². The van der Waals surface area contributed by atoms with E-state index in [0.29, 0.717) is 35.5 Å². The lowest BCUT2D eigenvalue weighted by Gasteiger charge is -2.14.